The molecule has 142 valence electrons. The van der Waals surface area contributed by atoms with Crippen LogP contribution in [0.15, 0.2) is 59.1 Å². The van der Waals surface area contributed by atoms with E-state index in [9.17, 15) is 14.9 Å². The van der Waals surface area contributed by atoms with Gasteiger partial charge in [-0.25, -0.2) is 0 Å². The first-order valence-corrected chi connectivity index (χ1v) is 9.89. The SMILES string of the molecule is CNC(=O)/C(C#N)=C1\S[C@H](Cc2ccccc2C)C(=O)N1c1ccc(Cl)cc1. The third kappa shape index (κ3) is 3.91. The van der Waals surface area contributed by atoms with Crippen LogP contribution < -0.4 is 10.2 Å². The second-order valence-electron chi connectivity index (χ2n) is 6.26. The van der Waals surface area contributed by atoms with Gasteiger partial charge in [0.25, 0.3) is 5.91 Å². The Morgan fingerprint density at radius 2 is 1.93 bits per heavy atom. The number of nitrogens with zero attached hydrogens (tertiary/aromatic N) is 2. The molecule has 7 heteroatoms. The average Bonchev–Trinajstić information content (AvgIpc) is 3.01. The smallest absolute Gasteiger partial charge is 0.264 e. The Bertz CT molecular complexity index is 995. The lowest BCUT2D eigenvalue weighted by atomic mass is 10.0. The fourth-order valence-electron chi connectivity index (χ4n) is 2.98. The predicted molar refractivity (Wildman–Crippen MR) is 112 cm³/mol. The molecule has 0 saturated carbocycles. The molecular formula is C21H18ClN3O2S. The minimum Gasteiger partial charge on any atom is -0.354 e. The Hall–Kier alpha value is -2.75. The summed E-state index contributed by atoms with van der Waals surface area (Å²) >= 11 is 7.22. The van der Waals surface area contributed by atoms with Crippen LogP contribution in [0, 0.1) is 18.3 Å². The molecule has 2 aromatic carbocycles. The van der Waals surface area contributed by atoms with E-state index >= 15 is 0 Å². The zero-order valence-electron chi connectivity index (χ0n) is 15.4. The van der Waals surface area contributed by atoms with Crippen LogP contribution >= 0.6 is 23.4 Å². The molecule has 5 nitrogen and oxygen atoms in total. The number of benzene rings is 2. The highest BCUT2D eigenvalue weighted by molar-refractivity contribution is 8.05. The van der Waals surface area contributed by atoms with Crippen molar-refractivity contribution < 1.29 is 9.59 Å². The number of anilines is 1. The topological polar surface area (TPSA) is 73.2 Å². The van der Waals surface area contributed by atoms with Gasteiger partial charge in [0, 0.05) is 17.8 Å². The number of rotatable bonds is 4. The molecule has 0 spiro atoms. The zero-order valence-corrected chi connectivity index (χ0v) is 17.0. The third-order valence-electron chi connectivity index (χ3n) is 4.48. The van der Waals surface area contributed by atoms with Crippen molar-refractivity contribution >= 4 is 40.9 Å². The van der Waals surface area contributed by atoms with E-state index in [0.717, 1.165) is 11.1 Å². The maximum Gasteiger partial charge on any atom is 0.264 e. The Balaban J connectivity index is 2.06. The first-order chi connectivity index (χ1) is 13.5. The van der Waals surface area contributed by atoms with Crippen molar-refractivity contribution in [2.24, 2.45) is 0 Å². The monoisotopic (exact) mass is 411 g/mol. The second-order valence-corrected chi connectivity index (χ2v) is 7.89. The van der Waals surface area contributed by atoms with Crippen LogP contribution in [-0.2, 0) is 16.0 Å². The molecule has 3 rings (SSSR count). The fraction of sp³-hybridized carbons (Fsp3) is 0.190. The lowest BCUT2D eigenvalue weighted by molar-refractivity contribution is -0.117. The maximum absolute atomic E-state index is 13.2. The molecule has 0 aliphatic carbocycles. The number of hydrogen-bond acceptors (Lipinski definition) is 4. The molecule has 2 aromatic rings. The predicted octanol–water partition coefficient (Wildman–Crippen LogP) is 3.82. The molecule has 1 saturated heterocycles. The summed E-state index contributed by atoms with van der Waals surface area (Å²) in [5, 5.41) is 12.5. The number of likely N-dealkylation sites (N-methyl/N-ethyl adjacent to an activating group) is 1. The van der Waals surface area contributed by atoms with Gasteiger partial charge in [-0.05, 0) is 48.7 Å². The fourth-order valence-corrected chi connectivity index (χ4v) is 4.40. The second kappa shape index (κ2) is 8.51. The van der Waals surface area contributed by atoms with Crippen molar-refractivity contribution in [3.8, 4) is 6.07 Å². The molecule has 2 amide bonds. The van der Waals surface area contributed by atoms with Crippen molar-refractivity contribution in [1.82, 2.24) is 5.32 Å². The number of aryl methyl sites for hydroxylation is 1. The Morgan fingerprint density at radius 3 is 2.54 bits per heavy atom. The standard InChI is InChI=1S/C21H18ClN3O2S/c1-13-5-3-4-6-14(13)11-18-20(27)25(16-9-7-15(22)8-10-16)21(28-18)17(12-23)19(26)24-2/h3-10,18H,11H2,1-2H3,(H,24,26)/b21-17-/t18-/m1/s1. The first-order valence-electron chi connectivity index (χ1n) is 8.63. The minimum absolute atomic E-state index is 0.0805. The van der Waals surface area contributed by atoms with Crippen LogP contribution in [-0.4, -0.2) is 24.1 Å². The van der Waals surface area contributed by atoms with E-state index in [1.807, 2.05) is 37.3 Å². The highest BCUT2D eigenvalue weighted by Gasteiger charge is 2.40. The molecule has 1 heterocycles. The van der Waals surface area contributed by atoms with Gasteiger partial charge in [0.1, 0.15) is 16.7 Å². The van der Waals surface area contributed by atoms with Crippen molar-refractivity contribution in [1.29, 1.82) is 5.26 Å². The first kappa shape index (κ1) is 20.0. The lowest BCUT2D eigenvalue weighted by Crippen LogP contribution is -2.31. The van der Waals surface area contributed by atoms with E-state index in [1.54, 1.807) is 24.3 Å². The van der Waals surface area contributed by atoms with Crippen LogP contribution in [0.1, 0.15) is 11.1 Å². The number of nitrogens with one attached hydrogen (secondary N) is 1. The van der Waals surface area contributed by atoms with E-state index in [1.165, 1.54) is 23.7 Å². The summed E-state index contributed by atoms with van der Waals surface area (Å²) in [5.41, 5.74) is 2.64. The van der Waals surface area contributed by atoms with Gasteiger partial charge >= 0.3 is 0 Å². The van der Waals surface area contributed by atoms with Gasteiger partial charge in [-0.1, -0.05) is 47.6 Å². The zero-order chi connectivity index (χ0) is 20.3. The van der Waals surface area contributed by atoms with Gasteiger partial charge in [-0.2, -0.15) is 5.26 Å². The molecule has 0 bridgehead atoms. The number of carbonyl (C=O) groups excluding carboxylic acids is 2. The van der Waals surface area contributed by atoms with Crippen LogP contribution in [0.5, 0.6) is 0 Å². The lowest BCUT2D eigenvalue weighted by Gasteiger charge is -2.18. The van der Waals surface area contributed by atoms with E-state index in [4.69, 9.17) is 11.6 Å². The number of thioether (sulfide) groups is 1. The largest absolute Gasteiger partial charge is 0.354 e. The minimum atomic E-state index is -0.520. The number of nitriles is 1. The summed E-state index contributed by atoms with van der Waals surface area (Å²) in [4.78, 5) is 26.9. The summed E-state index contributed by atoms with van der Waals surface area (Å²) in [7, 11) is 1.46. The third-order valence-corrected chi connectivity index (χ3v) is 6.00. The average molecular weight is 412 g/mol. The maximum atomic E-state index is 13.2. The van der Waals surface area contributed by atoms with Crippen molar-refractivity contribution in [3.05, 3.63) is 75.3 Å². The van der Waals surface area contributed by atoms with E-state index in [2.05, 4.69) is 5.32 Å². The highest BCUT2D eigenvalue weighted by Crippen LogP contribution is 2.42. The summed E-state index contributed by atoms with van der Waals surface area (Å²) in [6, 6.07) is 16.6. The van der Waals surface area contributed by atoms with Crippen LogP contribution in [0.2, 0.25) is 5.02 Å². The number of carbonyl (C=O) groups is 2. The van der Waals surface area contributed by atoms with E-state index < -0.39 is 11.2 Å². The van der Waals surface area contributed by atoms with Gasteiger partial charge < -0.3 is 5.32 Å². The summed E-state index contributed by atoms with van der Waals surface area (Å²) in [5.74, 6) is -0.685. The summed E-state index contributed by atoms with van der Waals surface area (Å²) in [6.45, 7) is 2.00. The van der Waals surface area contributed by atoms with Crippen LogP contribution in [0.3, 0.4) is 0 Å². The summed E-state index contributed by atoms with van der Waals surface area (Å²) in [6.07, 6.45) is 0.510. The molecule has 1 aliphatic heterocycles. The molecule has 1 N–H and O–H groups in total. The normalized spacial score (nSPS) is 18.0. The molecule has 1 aliphatic rings. The quantitative estimate of drug-likeness (QED) is 0.613. The molecule has 0 aromatic heterocycles. The number of hydrogen-bond donors (Lipinski definition) is 1. The molecule has 1 atom stereocenters. The molecule has 0 unspecified atom stereocenters. The van der Waals surface area contributed by atoms with E-state index in [0.29, 0.717) is 22.2 Å². The molecular weight excluding hydrogens is 394 g/mol. The Morgan fingerprint density at radius 1 is 1.25 bits per heavy atom. The van der Waals surface area contributed by atoms with Crippen LogP contribution in [0.4, 0.5) is 5.69 Å². The van der Waals surface area contributed by atoms with E-state index in [-0.39, 0.29) is 11.5 Å². The van der Waals surface area contributed by atoms with Gasteiger partial charge in [0.05, 0.1) is 5.25 Å². The van der Waals surface area contributed by atoms with Crippen LogP contribution in [0.25, 0.3) is 0 Å². The van der Waals surface area contributed by atoms with Gasteiger partial charge in [-0.3, -0.25) is 14.5 Å². The highest BCUT2D eigenvalue weighted by atomic mass is 35.5. The van der Waals surface area contributed by atoms with Crippen molar-refractivity contribution in [2.45, 2.75) is 18.6 Å². The number of halogens is 1. The van der Waals surface area contributed by atoms with Gasteiger partial charge in [0.2, 0.25) is 5.91 Å². The number of amides is 2. The molecule has 1 fully saturated rings. The molecule has 28 heavy (non-hydrogen) atoms. The van der Waals surface area contributed by atoms with Crippen molar-refractivity contribution in [2.75, 3.05) is 11.9 Å². The van der Waals surface area contributed by atoms with Gasteiger partial charge in [-0.15, -0.1) is 0 Å². The van der Waals surface area contributed by atoms with Gasteiger partial charge in [0.15, 0.2) is 0 Å². The summed E-state index contributed by atoms with van der Waals surface area (Å²) < 4.78 is 0. The Kier molecular flexibility index (Phi) is 6.08. The molecule has 0 radical (unpaired) electrons. The van der Waals surface area contributed by atoms with Crippen molar-refractivity contribution in [3.63, 3.8) is 0 Å². The Labute approximate surface area is 173 Å².